The Bertz CT molecular complexity index is 588. The molecule has 2 aromatic carbocycles. The van der Waals surface area contributed by atoms with Crippen LogP contribution in [0.4, 0.5) is 13.2 Å². The van der Waals surface area contributed by atoms with Crippen LogP contribution in [0.1, 0.15) is 18.1 Å². The molecule has 0 bridgehead atoms. The Morgan fingerprint density at radius 1 is 0.833 bits per heavy atom. The SMILES string of the molecule is CC([NH+](Cc1ccccc1)Cc1ccccc1)C(O)(O)C(F)(F)F. The van der Waals surface area contributed by atoms with Gasteiger partial charge in [-0.05, 0) is 6.92 Å². The second kappa shape index (κ2) is 7.34. The fourth-order valence-corrected chi connectivity index (χ4v) is 2.61. The highest BCUT2D eigenvalue weighted by Gasteiger charge is 2.60. The Labute approximate surface area is 139 Å². The van der Waals surface area contributed by atoms with Crippen molar-refractivity contribution >= 4 is 0 Å². The highest BCUT2D eigenvalue weighted by molar-refractivity contribution is 5.15. The van der Waals surface area contributed by atoms with Crippen LogP contribution in [0.5, 0.6) is 0 Å². The monoisotopic (exact) mass is 340 g/mol. The number of aliphatic hydroxyl groups is 2. The van der Waals surface area contributed by atoms with Crippen LogP contribution in [-0.4, -0.2) is 28.2 Å². The topological polar surface area (TPSA) is 44.9 Å². The van der Waals surface area contributed by atoms with E-state index < -0.39 is 18.0 Å². The molecule has 0 amide bonds. The van der Waals surface area contributed by atoms with Crippen LogP contribution in [0.15, 0.2) is 60.7 Å². The van der Waals surface area contributed by atoms with Crippen molar-refractivity contribution in [1.82, 2.24) is 0 Å². The molecule has 6 heteroatoms. The molecule has 2 rings (SSSR count). The third-order valence-corrected chi connectivity index (χ3v) is 4.18. The van der Waals surface area contributed by atoms with Gasteiger partial charge in [-0.15, -0.1) is 0 Å². The van der Waals surface area contributed by atoms with E-state index in [1.54, 1.807) is 24.3 Å². The van der Waals surface area contributed by atoms with E-state index in [-0.39, 0.29) is 13.1 Å². The van der Waals surface area contributed by atoms with Gasteiger partial charge in [-0.2, -0.15) is 13.2 Å². The van der Waals surface area contributed by atoms with E-state index in [0.29, 0.717) is 4.90 Å². The molecule has 0 saturated heterocycles. The molecule has 0 saturated carbocycles. The van der Waals surface area contributed by atoms with Gasteiger partial charge in [0, 0.05) is 11.1 Å². The largest absolute Gasteiger partial charge is 0.449 e. The zero-order valence-electron chi connectivity index (χ0n) is 13.3. The average molecular weight is 340 g/mol. The molecule has 1 atom stereocenters. The molecular formula is C18H21F3NO2+. The number of quaternary nitrogens is 1. The molecule has 0 aliphatic carbocycles. The van der Waals surface area contributed by atoms with Crippen molar-refractivity contribution < 1.29 is 28.3 Å². The Kier molecular flexibility index (Phi) is 5.64. The van der Waals surface area contributed by atoms with Gasteiger partial charge in [-0.25, -0.2) is 0 Å². The number of halogens is 3. The molecule has 0 heterocycles. The first-order valence-corrected chi connectivity index (χ1v) is 7.65. The number of hydrogen-bond acceptors (Lipinski definition) is 2. The van der Waals surface area contributed by atoms with Crippen molar-refractivity contribution in [1.29, 1.82) is 0 Å². The molecule has 0 aliphatic heterocycles. The van der Waals surface area contributed by atoms with Crippen LogP contribution in [-0.2, 0) is 13.1 Å². The van der Waals surface area contributed by atoms with E-state index in [0.717, 1.165) is 11.1 Å². The van der Waals surface area contributed by atoms with Gasteiger partial charge < -0.3 is 15.1 Å². The molecule has 130 valence electrons. The lowest BCUT2D eigenvalue weighted by Crippen LogP contribution is -3.15. The first-order chi connectivity index (χ1) is 11.2. The zero-order chi connectivity index (χ0) is 17.8. The van der Waals surface area contributed by atoms with Gasteiger partial charge in [0.25, 0.3) is 0 Å². The fraction of sp³-hybridized carbons (Fsp3) is 0.333. The Hall–Kier alpha value is -1.89. The quantitative estimate of drug-likeness (QED) is 0.704. The van der Waals surface area contributed by atoms with Crippen molar-refractivity contribution in [3.63, 3.8) is 0 Å². The van der Waals surface area contributed by atoms with Gasteiger partial charge in [0.15, 0.2) is 0 Å². The first kappa shape index (κ1) is 18.4. The first-order valence-electron chi connectivity index (χ1n) is 7.65. The van der Waals surface area contributed by atoms with Gasteiger partial charge in [0.1, 0.15) is 19.1 Å². The summed E-state index contributed by atoms with van der Waals surface area (Å²) in [4.78, 5) is 0.412. The molecule has 24 heavy (non-hydrogen) atoms. The second-order valence-electron chi connectivity index (χ2n) is 5.93. The van der Waals surface area contributed by atoms with Gasteiger partial charge >= 0.3 is 12.0 Å². The van der Waals surface area contributed by atoms with Crippen LogP contribution < -0.4 is 4.90 Å². The Morgan fingerprint density at radius 3 is 1.54 bits per heavy atom. The minimum atomic E-state index is -5.12. The molecule has 1 unspecified atom stereocenters. The summed E-state index contributed by atoms with van der Waals surface area (Å²) in [5.41, 5.74) is 1.65. The number of benzene rings is 2. The minimum Gasteiger partial charge on any atom is -0.354 e. The van der Waals surface area contributed by atoms with Crippen molar-refractivity contribution in [2.75, 3.05) is 0 Å². The average Bonchev–Trinajstić information content (AvgIpc) is 2.54. The lowest BCUT2D eigenvalue weighted by molar-refractivity contribution is -0.963. The van der Waals surface area contributed by atoms with Crippen molar-refractivity contribution in [2.45, 2.75) is 38.0 Å². The molecule has 0 radical (unpaired) electrons. The van der Waals surface area contributed by atoms with E-state index in [9.17, 15) is 23.4 Å². The predicted octanol–water partition coefficient (Wildman–Crippen LogP) is 1.90. The van der Waals surface area contributed by atoms with E-state index in [1.807, 2.05) is 36.4 Å². The maximum atomic E-state index is 13.0. The summed E-state index contributed by atoms with van der Waals surface area (Å²) < 4.78 is 39.0. The zero-order valence-corrected chi connectivity index (χ0v) is 13.3. The third-order valence-electron chi connectivity index (χ3n) is 4.18. The summed E-state index contributed by atoms with van der Waals surface area (Å²) in [6.45, 7) is 1.69. The minimum absolute atomic E-state index is 0.246. The maximum absolute atomic E-state index is 13.0. The van der Waals surface area contributed by atoms with Crippen molar-refractivity contribution in [3.8, 4) is 0 Å². The van der Waals surface area contributed by atoms with Gasteiger partial charge in [0.05, 0.1) is 0 Å². The molecule has 0 aromatic heterocycles. The smallest absolute Gasteiger partial charge is 0.354 e. The van der Waals surface area contributed by atoms with Crippen LogP contribution in [0.3, 0.4) is 0 Å². The Balaban J connectivity index is 2.28. The molecule has 3 nitrogen and oxygen atoms in total. The summed E-state index contributed by atoms with van der Waals surface area (Å²) in [5.74, 6) is -3.76. The lowest BCUT2D eigenvalue weighted by Gasteiger charge is -2.35. The normalized spacial score (nSPS) is 14.0. The van der Waals surface area contributed by atoms with Gasteiger partial charge in [0.2, 0.25) is 0 Å². The van der Waals surface area contributed by atoms with Crippen LogP contribution >= 0.6 is 0 Å². The number of rotatable bonds is 6. The molecule has 0 fully saturated rings. The summed E-state index contributed by atoms with van der Waals surface area (Å²) in [6.07, 6.45) is -5.12. The summed E-state index contributed by atoms with van der Waals surface area (Å²) >= 11 is 0. The van der Waals surface area contributed by atoms with E-state index in [1.165, 1.54) is 6.92 Å². The van der Waals surface area contributed by atoms with Crippen LogP contribution in [0.25, 0.3) is 0 Å². The fourth-order valence-electron chi connectivity index (χ4n) is 2.61. The van der Waals surface area contributed by atoms with Crippen LogP contribution in [0.2, 0.25) is 0 Å². The van der Waals surface area contributed by atoms with Crippen molar-refractivity contribution in [3.05, 3.63) is 71.8 Å². The molecular weight excluding hydrogens is 319 g/mol. The Morgan fingerprint density at radius 2 is 1.21 bits per heavy atom. The lowest BCUT2D eigenvalue weighted by atomic mass is 10.0. The summed E-state index contributed by atoms with van der Waals surface area (Å²) in [7, 11) is 0. The van der Waals surface area contributed by atoms with E-state index in [2.05, 4.69) is 0 Å². The highest BCUT2D eigenvalue weighted by atomic mass is 19.4. The summed E-state index contributed by atoms with van der Waals surface area (Å²) in [5, 5.41) is 19.3. The van der Waals surface area contributed by atoms with Gasteiger partial charge in [-0.1, -0.05) is 60.7 Å². The number of hydrogen-bond donors (Lipinski definition) is 3. The standard InChI is InChI=1S/C18H20F3NO2/c1-14(17(23,24)18(19,20)21)22(12-15-8-4-2-5-9-15)13-16-10-6-3-7-11-16/h2-11,14,23-24H,12-13H2,1H3/p+1. The third kappa shape index (κ3) is 4.35. The van der Waals surface area contributed by atoms with Crippen molar-refractivity contribution in [2.24, 2.45) is 0 Å². The van der Waals surface area contributed by atoms with E-state index >= 15 is 0 Å². The molecule has 0 aliphatic rings. The molecule has 0 spiro atoms. The molecule has 2 aromatic rings. The highest BCUT2D eigenvalue weighted by Crippen LogP contribution is 2.30. The number of alkyl halides is 3. The van der Waals surface area contributed by atoms with Gasteiger partial charge in [-0.3, -0.25) is 0 Å². The van der Waals surface area contributed by atoms with E-state index in [4.69, 9.17) is 0 Å². The predicted molar refractivity (Wildman–Crippen MR) is 83.9 cm³/mol. The van der Waals surface area contributed by atoms with Crippen LogP contribution in [0, 0.1) is 0 Å². The number of nitrogens with one attached hydrogen (secondary N) is 1. The summed E-state index contributed by atoms with van der Waals surface area (Å²) in [6, 6.07) is 16.6. The molecule has 3 N–H and O–H groups in total. The maximum Gasteiger partial charge on any atom is 0.449 e. The second-order valence-corrected chi connectivity index (χ2v) is 5.93.